The van der Waals surface area contributed by atoms with Crippen molar-refractivity contribution in [2.75, 3.05) is 26.2 Å². The van der Waals surface area contributed by atoms with Crippen LogP contribution in [-0.2, 0) is 4.74 Å². The standard InChI is InChI=1S/C13H26N2O/c1-4-11-6-14-7-13(11)15-8-10(3)16-9-12(15)5-2/h10-14H,4-9H2,1-3H3. The first-order valence-corrected chi connectivity index (χ1v) is 6.84. The van der Waals surface area contributed by atoms with Gasteiger partial charge in [0.1, 0.15) is 0 Å². The van der Waals surface area contributed by atoms with Gasteiger partial charge in [-0.2, -0.15) is 0 Å². The quantitative estimate of drug-likeness (QED) is 0.789. The van der Waals surface area contributed by atoms with E-state index in [1.807, 2.05) is 0 Å². The first-order valence-electron chi connectivity index (χ1n) is 6.84. The minimum atomic E-state index is 0.404. The van der Waals surface area contributed by atoms with Crippen LogP contribution in [0.2, 0.25) is 0 Å². The van der Waals surface area contributed by atoms with Gasteiger partial charge in [0.2, 0.25) is 0 Å². The lowest BCUT2D eigenvalue weighted by Gasteiger charge is -2.43. The summed E-state index contributed by atoms with van der Waals surface area (Å²) in [5.41, 5.74) is 0. The second-order valence-corrected chi connectivity index (χ2v) is 5.30. The zero-order chi connectivity index (χ0) is 11.5. The molecule has 0 saturated carbocycles. The first kappa shape index (κ1) is 12.3. The monoisotopic (exact) mass is 226 g/mol. The van der Waals surface area contributed by atoms with Crippen molar-refractivity contribution < 1.29 is 4.74 Å². The number of ether oxygens (including phenoxy) is 1. The van der Waals surface area contributed by atoms with E-state index in [1.165, 1.54) is 25.9 Å². The number of nitrogens with one attached hydrogen (secondary N) is 1. The Labute approximate surface area is 99.5 Å². The molecule has 2 fully saturated rings. The van der Waals surface area contributed by atoms with Crippen LogP contribution in [0.1, 0.15) is 33.6 Å². The third-order valence-electron chi connectivity index (χ3n) is 4.24. The molecule has 4 unspecified atom stereocenters. The number of hydrogen-bond acceptors (Lipinski definition) is 3. The van der Waals surface area contributed by atoms with Crippen LogP contribution in [0.4, 0.5) is 0 Å². The van der Waals surface area contributed by atoms with Crippen molar-refractivity contribution in [2.24, 2.45) is 5.92 Å². The first-order chi connectivity index (χ1) is 7.76. The molecule has 0 bridgehead atoms. The molecule has 4 atom stereocenters. The van der Waals surface area contributed by atoms with E-state index < -0.39 is 0 Å². The summed E-state index contributed by atoms with van der Waals surface area (Å²) in [6, 6.07) is 1.37. The second kappa shape index (κ2) is 5.48. The molecule has 94 valence electrons. The molecule has 0 aromatic rings. The SMILES string of the molecule is CCC1CNCC1N1CC(C)OCC1CC. The van der Waals surface area contributed by atoms with Crippen molar-refractivity contribution in [1.29, 1.82) is 0 Å². The summed E-state index contributed by atoms with van der Waals surface area (Å²) in [6.45, 7) is 11.2. The van der Waals surface area contributed by atoms with Crippen molar-refractivity contribution in [2.45, 2.75) is 51.8 Å². The van der Waals surface area contributed by atoms with Gasteiger partial charge in [0.15, 0.2) is 0 Å². The van der Waals surface area contributed by atoms with Gasteiger partial charge in [-0.05, 0) is 25.8 Å². The third kappa shape index (κ3) is 2.41. The highest BCUT2D eigenvalue weighted by Crippen LogP contribution is 2.25. The number of hydrogen-bond donors (Lipinski definition) is 1. The highest BCUT2D eigenvalue weighted by molar-refractivity contribution is 4.92. The van der Waals surface area contributed by atoms with Crippen LogP contribution < -0.4 is 5.32 Å². The molecule has 2 aliphatic heterocycles. The van der Waals surface area contributed by atoms with Crippen LogP contribution in [0.25, 0.3) is 0 Å². The molecule has 3 nitrogen and oxygen atoms in total. The molecule has 0 amide bonds. The molecule has 0 aromatic carbocycles. The Balaban J connectivity index is 2.03. The average Bonchev–Trinajstić information content (AvgIpc) is 2.76. The van der Waals surface area contributed by atoms with Gasteiger partial charge < -0.3 is 10.1 Å². The van der Waals surface area contributed by atoms with Gasteiger partial charge in [0, 0.05) is 25.2 Å². The highest BCUT2D eigenvalue weighted by Gasteiger charge is 2.37. The second-order valence-electron chi connectivity index (χ2n) is 5.30. The maximum atomic E-state index is 5.78. The minimum absolute atomic E-state index is 0.404. The summed E-state index contributed by atoms with van der Waals surface area (Å²) in [7, 11) is 0. The molecule has 0 aliphatic carbocycles. The van der Waals surface area contributed by atoms with Crippen LogP contribution in [0, 0.1) is 5.92 Å². The van der Waals surface area contributed by atoms with E-state index in [0.717, 1.165) is 25.1 Å². The molecule has 2 aliphatic rings. The lowest BCUT2D eigenvalue weighted by molar-refractivity contribution is -0.0756. The lowest BCUT2D eigenvalue weighted by Crippen LogP contribution is -2.55. The van der Waals surface area contributed by atoms with E-state index in [-0.39, 0.29) is 0 Å². The van der Waals surface area contributed by atoms with E-state index in [0.29, 0.717) is 12.1 Å². The molecule has 0 aromatic heterocycles. The largest absolute Gasteiger partial charge is 0.376 e. The maximum Gasteiger partial charge on any atom is 0.0674 e. The van der Waals surface area contributed by atoms with Gasteiger partial charge in [-0.15, -0.1) is 0 Å². The van der Waals surface area contributed by atoms with Gasteiger partial charge in [-0.3, -0.25) is 4.90 Å². The summed E-state index contributed by atoms with van der Waals surface area (Å²) in [4.78, 5) is 2.71. The van der Waals surface area contributed by atoms with Crippen molar-refractivity contribution in [3.05, 3.63) is 0 Å². The molecule has 0 radical (unpaired) electrons. The van der Waals surface area contributed by atoms with Crippen molar-refractivity contribution in [3.8, 4) is 0 Å². The molecule has 2 rings (SSSR count). The normalized spacial score (nSPS) is 41.4. The number of morpholine rings is 1. The van der Waals surface area contributed by atoms with E-state index in [2.05, 4.69) is 31.0 Å². The van der Waals surface area contributed by atoms with E-state index >= 15 is 0 Å². The van der Waals surface area contributed by atoms with Crippen LogP contribution in [-0.4, -0.2) is 49.3 Å². The topological polar surface area (TPSA) is 24.5 Å². The Morgan fingerprint density at radius 1 is 1.25 bits per heavy atom. The van der Waals surface area contributed by atoms with Gasteiger partial charge in [-0.25, -0.2) is 0 Å². The molecule has 16 heavy (non-hydrogen) atoms. The van der Waals surface area contributed by atoms with E-state index in [1.54, 1.807) is 0 Å². The Hall–Kier alpha value is -0.120. The van der Waals surface area contributed by atoms with Gasteiger partial charge >= 0.3 is 0 Å². The fraction of sp³-hybridized carbons (Fsp3) is 1.00. The molecule has 3 heteroatoms. The molecule has 2 heterocycles. The molecular formula is C13H26N2O. The Morgan fingerprint density at radius 2 is 2.06 bits per heavy atom. The van der Waals surface area contributed by atoms with Crippen LogP contribution >= 0.6 is 0 Å². The Kier molecular flexibility index (Phi) is 4.22. The number of nitrogens with zero attached hydrogens (tertiary/aromatic N) is 1. The maximum absolute atomic E-state index is 5.78. The Morgan fingerprint density at radius 3 is 2.75 bits per heavy atom. The van der Waals surface area contributed by atoms with Crippen LogP contribution in [0.15, 0.2) is 0 Å². The number of rotatable bonds is 3. The van der Waals surface area contributed by atoms with Crippen LogP contribution in [0.5, 0.6) is 0 Å². The van der Waals surface area contributed by atoms with Crippen LogP contribution in [0.3, 0.4) is 0 Å². The smallest absolute Gasteiger partial charge is 0.0674 e. The summed E-state index contributed by atoms with van der Waals surface area (Å²) in [5.74, 6) is 0.833. The molecular weight excluding hydrogens is 200 g/mol. The average molecular weight is 226 g/mol. The summed E-state index contributed by atoms with van der Waals surface area (Å²) in [6.07, 6.45) is 2.90. The van der Waals surface area contributed by atoms with Crippen molar-refractivity contribution in [1.82, 2.24) is 10.2 Å². The predicted octanol–water partition coefficient (Wildman–Crippen LogP) is 1.48. The third-order valence-corrected chi connectivity index (χ3v) is 4.24. The van der Waals surface area contributed by atoms with Gasteiger partial charge in [0.25, 0.3) is 0 Å². The molecule has 1 N–H and O–H groups in total. The summed E-state index contributed by atoms with van der Waals surface area (Å²) >= 11 is 0. The minimum Gasteiger partial charge on any atom is -0.376 e. The predicted molar refractivity (Wildman–Crippen MR) is 66.6 cm³/mol. The fourth-order valence-corrected chi connectivity index (χ4v) is 3.15. The fourth-order valence-electron chi connectivity index (χ4n) is 3.15. The van der Waals surface area contributed by atoms with Gasteiger partial charge in [0.05, 0.1) is 12.7 Å². The van der Waals surface area contributed by atoms with Crippen molar-refractivity contribution in [3.63, 3.8) is 0 Å². The van der Waals surface area contributed by atoms with Gasteiger partial charge in [-0.1, -0.05) is 20.3 Å². The highest BCUT2D eigenvalue weighted by atomic mass is 16.5. The summed E-state index contributed by atoms with van der Waals surface area (Å²) < 4.78 is 5.78. The van der Waals surface area contributed by atoms with E-state index in [9.17, 15) is 0 Å². The molecule has 0 spiro atoms. The van der Waals surface area contributed by atoms with Crippen molar-refractivity contribution >= 4 is 0 Å². The molecule has 2 saturated heterocycles. The van der Waals surface area contributed by atoms with E-state index in [4.69, 9.17) is 4.74 Å². The summed E-state index contributed by atoms with van der Waals surface area (Å²) in [5, 5.41) is 3.55. The Bertz CT molecular complexity index is 222. The zero-order valence-corrected chi connectivity index (χ0v) is 10.9. The zero-order valence-electron chi connectivity index (χ0n) is 10.9. The lowest BCUT2D eigenvalue weighted by atomic mass is 9.96.